The number of nitrogens with two attached hydrogens (primary N) is 1. The molecule has 1 aromatic carbocycles. The second-order valence-corrected chi connectivity index (χ2v) is 9.60. The maximum absolute atomic E-state index is 13.4. The third-order valence-corrected chi connectivity index (χ3v) is 6.20. The Hall–Kier alpha value is -3.41. The minimum absolute atomic E-state index is 0.148. The molecule has 1 fully saturated rings. The van der Waals surface area contributed by atoms with Gasteiger partial charge >= 0.3 is 6.03 Å². The third-order valence-electron chi connectivity index (χ3n) is 5.96. The fourth-order valence-corrected chi connectivity index (χ4v) is 4.26. The van der Waals surface area contributed by atoms with Gasteiger partial charge in [-0.15, -0.1) is 0 Å². The number of alkyl halides is 1. The molecule has 1 aromatic rings. The lowest BCUT2D eigenvalue weighted by Gasteiger charge is -2.31. The van der Waals surface area contributed by atoms with Crippen molar-refractivity contribution >= 4 is 46.9 Å². The maximum Gasteiger partial charge on any atom is 0.319 e. The third kappa shape index (κ3) is 9.19. The number of nitrogens with one attached hydrogen (secondary N) is 5. The van der Waals surface area contributed by atoms with Crippen LogP contribution in [0.5, 0.6) is 0 Å². The Bertz CT molecular complexity index is 994. The van der Waals surface area contributed by atoms with Gasteiger partial charge in [-0.25, -0.2) is 9.18 Å². The van der Waals surface area contributed by atoms with E-state index in [1.54, 1.807) is 38.1 Å². The molecule has 13 heteroatoms. The van der Waals surface area contributed by atoms with Crippen LogP contribution in [-0.2, 0) is 14.4 Å². The van der Waals surface area contributed by atoms with Gasteiger partial charge in [0.15, 0.2) is 11.7 Å². The van der Waals surface area contributed by atoms with Crippen LogP contribution in [0.3, 0.4) is 0 Å². The van der Waals surface area contributed by atoms with Crippen LogP contribution in [0, 0.1) is 11.3 Å². The molecule has 11 nitrogen and oxygen atoms in total. The molecule has 37 heavy (non-hydrogen) atoms. The molecule has 4 amide bonds. The minimum atomic E-state index is -1.24. The van der Waals surface area contributed by atoms with Gasteiger partial charge in [-0.3, -0.25) is 19.8 Å². The van der Waals surface area contributed by atoms with Crippen LogP contribution in [0.25, 0.3) is 0 Å². The van der Waals surface area contributed by atoms with Crippen molar-refractivity contribution in [1.29, 1.82) is 5.41 Å². The number of hydrogen-bond acceptors (Lipinski definition) is 5. The largest absolute Gasteiger partial charge is 0.370 e. The number of benzene rings is 1. The molecule has 1 heterocycles. The zero-order valence-electron chi connectivity index (χ0n) is 21.0. The fourth-order valence-electron chi connectivity index (χ4n) is 4.07. The summed E-state index contributed by atoms with van der Waals surface area (Å²) in [5, 5.41) is 18.1. The number of amides is 4. The number of ketones is 1. The van der Waals surface area contributed by atoms with Crippen molar-refractivity contribution in [3.8, 4) is 0 Å². The van der Waals surface area contributed by atoms with Gasteiger partial charge in [0.1, 0.15) is 18.8 Å². The number of nitrogens with zero attached hydrogens (tertiary/aromatic N) is 1. The van der Waals surface area contributed by atoms with E-state index < -0.39 is 48.4 Å². The van der Waals surface area contributed by atoms with E-state index in [9.17, 15) is 23.6 Å². The summed E-state index contributed by atoms with van der Waals surface area (Å²) < 4.78 is 13.1. The van der Waals surface area contributed by atoms with Crippen molar-refractivity contribution in [3.05, 3.63) is 29.3 Å². The number of likely N-dealkylation sites (tertiary alicyclic amines) is 1. The van der Waals surface area contributed by atoms with Gasteiger partial charge in [0.25, 0.3) is 0 Å². The van der Waals surface area contributed by atoms with Crippen LogP contribution in [0.2, 0.25) is 5.02 Å². The van der Waals surface area contributed by atoms with Crippen molar-refractivity contribution in [2.75, 3.05) is 25.1 Å². The average Bonchev–Trinajstić information content (AvgIpc) is 3.33. The molecule has 1 aliphatic heterocycles. The first-order valence-electron chi connectivity index (χ1n) is 12.1. The summed E-state index contributed by atoms with van der Waals surface area (Å²) in [6.45, 7) is 2.91. The van der Waals surface area contributed by atoms with Crippen LogP contribution in [0.1, 0.15) is 39.5 Å². The molecule has 204 valence electrons. The summed E-state index contributed by atoms with van der Waals surface area (Å²) in [5.41, 5.74) is 5.68. The zero-order chi connectivity index (χ0) is 27.5. The Labute approximate surface area is 220 Å². The second-order valence-electron chi connectivity index (χ2n) is 9.16. The van der Waals surface area contributed by atoms with Crippen molar-refractivity contribution in [2.45, 2.75) is 57.7 Å². The summed E-state index contributed by atoms with van der Waals surface area (Å²) in [4.78, 5) is 52.5. The number of guanidine groups is 1. The molecule has 0 aliphatic carbocycles. The topological polar surface area (TPSA) is 170 Å². The van der Waals surface area contributed by atoms with Crippen molar-refractivity contribution < 1.29 is 23.6 Å². The standard InChI is InChI=1S/C24H35ClFN7O4/c1-14(2)20(32-24(37)30-16-7-3-6-15(25)12-16)22(36)33-11-5-9-18(33)21(35)31-17(19(34)13-26)8-4-10-29-23(27)28/h3,6-7,12,14,17-18,20H,4-5,8-11,13H2,1-2H3,(H,31,35)(H4,27,28,29)(H2,30,32,37)/t17?,18-,20?/m0/s1. The van der Waals surface area contributed by atoms with E-state index in [1.165, 1.54) is 4.90 Å². The lowest BCUT2D eigenvalue weighted by Crippen LogP contribution is -2.57. The number of hydrogen-bond donors (Lipinski definition) is 6. The second kappa shape index (κ2) is 14.4. The van der Waals surface area contributed by atoms with Crippen molar-refractivity contribution in [2.24, 2.45) is 11.7 Å². The molecular formula is C24H35ClFN7O4. The number of carbonyl (C=O) groups excluding carboxylic acids is 4. The molecule has 0 radical (unpaired) electrons. The Morgan fingerprint density at radius 1 is 1.24 bits per heavy atom. The molecule has 2 unspecified atom stereocenters. The van der Waals surface area contributed by atoms with Gasteiger partial charge in [-0.1, -0.05) is 31.5 Å². The minimum Gasteiger partial charge on any atom is -0.370 e. The number of carbonyl (C=O) groups is 4. The lowest BCUT2D eigenvalue weighted by atomic mass is 10.0. The predicted octanol–water partition coefficient (Wildman–Crippen LogP) is 1.76. The van der Waals surface area contributed by atoms with E-state index in [4.69, 9.17) is 22.7 Å². The predicted molar refractivity (Wildman–Crippen MR) is 139 cm³/mol. The highest BCUT2D eigenvalue weighted by Gasteiger charge is 2.39. The van der Waals surface area contributed by atoms with Gasteiger partial charge in [0, 0.05) is 23.8 Å². The summed E-state index contributed by atoms with van der Waals surface area (Å²) in [7, 11) is 0. The van der Waals surface area contributed by atoms with Gasteiger partial charge in [-0.05, 0) is 49.8 Å². The zero-order valence-corrected chi connectivity index (χ0v) is 21.7. The smallest absolute Gasteiger partial charge is 0.319 e. The Kier molecular flexibility index (Phi) is 11.6. The Balaban J connectivity index is 2.05. The summed E-state index contributed by atoms with van der Waals surface area (Å²) in [6.07, 6.45) is 1.45. The maximum atomic E-state index is 13.4. The van der Waals surface area contributed by atoms with Gasteiger partial charge in [0.2, 0.25) is 11.8 Å². The van der Waals surface area contributed by atoms with Crippen LogP contribution < -0.4 is 27.0 Å². The summed E-state index contributed by atoms with van der Waals surface area (Å²) >= 11 is 5.95. The molecular weight excluding hydrogens is 505 g/mol. The van der Waals surface area contributed by atoms with Crippen LogP contribution >= 0.6 is 11.6 Å². The molecule has 0 bridgehead atoms. The van der Waals surface area contributed by atoms with Crippen LogP contribution in [0.15, 0.2) is 24.3 Å². The van der Waals surface area contributed by atoms with Gasteiger partial charge < -0.3 is 31.9 Å². The van der Waals surface area contributed by atoms with Crippen molar-refractivity contribution in [3.63, 3.8) is 0 Å². The molecule has 7 N–H and O–H groups in total. The molecule has 2 rings (SSSR count). The quantitative estimate of drug-likeness (QED) is 0.134. The van der Waals surface area contributed by atoms with Gasteiger partial charge in [0.05, 0.1) is 6.04 Å². The Morgan fingerprint density at radius 3 is 2.59 bits per heavy atom. The normalized spacial score (nSPS) is 16.6. The first-order valence-corrected chi connectivity index (χ1v) is 12.5. The molecule has 1 saturated heterocycles. The van der Waals surface area contributed by atoms with Crippen molar-refractivity contribution in [1.82, 2.24) is 20.9 Å². The first-order chi connectivity index (χ1) is 17.5. The van der Waals surface area contributed by atoms with E-state index >= 15 is 0 Å². The van der Waals surface area contributed by atoms with E-state index in [0.717, 1.165) is 0 Å². The van der Waals surface area contributed by atoms with Crippen LogP contribution in [-0.4, -0.2) is 72.4 Å². The lowest BCUT2D eigenvalue weighted by molar-refractivity contribution is -0.141. The molecule has 3 atom stereocenters. The molecule has 0 saturated carbocycles. The molecule has 1 aliphatic rings. The highest BCUT2D eigenvalue weighted by atomic mass is 35.5. The van der Waals surface area contributed by atoms with E-state index in [0.29, 0.717) is 36.5 Å². The van der Waals surface area contributed by atoms with Gasteiger partial charge in [-0.2, -0.15) is 0 Å². The Morgan fingerprint density at radius 2 is 1.97 bits per heavy atom. The molecule has 0 spiro atoms. The van der Waals surface area contributed by atoms with E-state index in [-0.39, 0.29) is 24.8 Å². The summed E-state index contributed by atoms with van der Waals surface area (Å²) in [6, 6.07) is 3.15. The number of Topliss-reactive ketones (excluding diaryl/α,β-unsaturated/α-hetero) is 1. The SMILES string of the molecule is CC(C)C(NC(=O)Nc1cccc(Cl)c1)C(=O)N1CCC[C@H]1C(=O)NC(CCCNC(=N)N)C(=O)CF. The number of urea groups is 1. The molecule has 0 aromatic heterocycles. The number of anilines is 1. The van der Waals surface area contributed by atoms with E-state index in [1.807, 2.05) is 0 Å². The van der Waals surface area contributed by atoms with E-state index in [2.05, 4.69) is 21.3 Å². The highest BCUT2D eigenvalue weighted by molar-refractivity contribution is 6.30. The fraction of sp³-hybridized carbons (Fsp3) is 0.542. The van der Waals surface area contributed by atoms with Crippen LogP contribution in [0.4, 0.5) is 14.9 Å². The number of halogens is 2. The number of rotatable bonds is 12. The monoisotopic (exact) mass is 539 g/mol. The highest BCUT2D eigenvalue weighted by Crippen LogP contribution is 2.21. The summed E-state index contributed by atoms with van der Waals surface area (Å²) in [5.74, 6) is -2.26. The first kappa shape index (κ1) is 29.8. The average molecular weight is 540 g/mol.